The summed E-state index contributed by atoms with van der Waals surface area (Å²) in [7, 11) is 0. The number of aliphatic hydroxyl groups is 1. The summed E-state index contributed by atoms with van der Waals surface area (Å²) in [5.41, 5.74) is 5.36. The number of aryl methyl sites for hydroxylation is 1. The number of hydrogen-bond donors (Lipinski definition) is 3. The summed E-state index contributed by atoms with van der Waals surface area (Å²) in [6.07, 6.45) is 2.98. The smallest absolute Gasteiger partial charge is 0.251 e. The lowest BCUT2D eigenvalue weighted by Crippen LogP contribution is -2.41. The van der Waals surface area contributed by atoms with Crippen LogP contribution in [0.1, 0.15) is 48.2 Å². The van der Waals surface area contributed by atoms with E-state index in [1.165, 1.54) is 29.0 Å². The molecule has 1 aliphatic carbocycles. The van der Waals surface area contributed by atoms with Crippen molar-refractivity contribution >= 4 is 34.0 Å². The standard InChI is InChI=1S/C27H30N4O3S/c1-17(28-25(34)20-8-7-18-9-10-27(2,16-32)22(18)14-20)24(33)30-26-29-23(15-35-26)19-5-3-6-21(13-19)31-11-4-12-31/h3,5-8,13-15,17,32H,4,9-12,16H2,1-2H3,(H,28,34)(H,29,30,33)/t17-,27-/m0/s1. The second kappa shape index (κ2) is 9.43. The second-order valence-electron chi connectivity index (χ2n) is 9.70. The molecular weight excluding hydrogens is 460 g/mol. The number of nitrogens with zero attached hydrogens (tertiary/aromatic N) is 2. The van der Waals surface area contributed by atoms with Crippen LogP contribution in [-0.4, -0.2) is 47.6 Å². The molecule has 2 aromatic carbocycles. The number of carbonyl (C=O) groups is 2. The first-order valence-corrected chi connectivity index (χ1v) is 12.9. The summed E-state index contributed by atoms with van der Waals surface area (Å²) >= 11 is 1.36. The van der Waals surface area contributed by atoms with Crippen molar-refractivity contribution in [3.63, 3.8) is 0 Å². The summed E-state index contributed by atoms with van der Waals surface area (Å²) < 4.78 is 0. The lowest BCUT2D eigenvalue weighted by Gasteiger charge is -2.33. The first-order valence-electron chi connectivity index (χ1n) is 12.0. The third kappa shape index (κ3) is 4.68. The number of carbonyl (C=O) groups excluding carboxylic acids is 2. The van der Waals surface area contributed by atoms with E-state index in [2.05, 4.69) is 32.7 Å². The molecule has 2 heterocycles. The molecule has 0 bridgehead atoms. The van der Waals surface area contributed by atoms with Crippen LogP contribution in [0.15, 0.2) is 47.8 Å². The monoisotopic (exact) mass is 490 g/mol. The number of anilines is 2. The summed E-state index contributed by atoms with van der Waals surface area (Å²) in [6, 6.07) is 13.1. The summed E-state index contributed by atoms with van der Waals surface area (Å²) in [4.78, 5) is 32.5. The van der Waals surface area contributed by atoms with Gasteiger partial charge in [0.25, 0.3) is 5.91 Å². The van der Waals surface area contributed by atoms with Gasteiger partial charge in [-0.15, -0.1) is 11.3 Å². The van der Waals surface area contributed by atoms with Gasteiger partial charge in [-0.1, -0.05) is 25.1 Å². The molecule has 0 radical (unpaired) electrons. The number of aromatic nitrogens is 1. The number of hydrogen-bond acceptors (Lipinski definition) is 6. The van der Waals surface area contributed by atoms with Crippen LogP contribution >= 0.6 is 11.3 Å². The minimum atomic E-state index is -0.734. The van der Waals surface area contributed by atoms with Gasteiger partial charge in [0.15, 0.2) is 5.13 Å². The molecule has 2 aliphatic rings. The normalized spacial score (nSPS) is 19.6. The number of thiazole rings is 1. The minimum Gasteiger partial charge on any atom is -0.395 e. The van der Waals surface area contributed by atoms with Gasteiger partial charge in [0.1, 0.15) is 6.04 Å². The van der Waals surface area contributed by atoms with Gasteiger partial charge in [-0.2, -0.15) is 0 Å². The number of benzene rings is 2. The molecule has 182 valence electrons. The first-order chi connectivity index (χ1) is 16.9. The number of aliphatic hydroxyl groups excluding tert-OH is 1. The van der Waals surface area contributed by atoms with Crippen molar-refractivity contribution in [3.8, 4) is 11.3 Å². The Morgan fingerprint density at radius 1 is 1.23 bits per heavy atom. The third-order valence-electron chi connectivity index (χ3n) is 7.16. The lowest BCUT2D eigenvalue weighted by atomic mass is 9.84. The van der Waals surface area contributed by atoms with Crippen molar-refractivity contribution < 1.29 is 14.7 Å². The van der Waals surface area contributed by atoms with Gasteiger partial charge < -0.3 is 20.6 Å². The molecule has 7 nitrogen and oxygen atoms in total. The molecule has 1 fully saturated rings. The van der Waals surface area contributed by atoms with Crippen molar-refractivity contribution in [2.24, 2.45) is 0 Å². The fourth-order valence-corrected chi connectivity index (χ4v) is 5.39. The van der Waals surface area contributed by atoms with Gasteiger partial charge in [-0.3, -0.25) is 9.59 Å². The van der Waals surface area contributed by atoms with Gasteiger partial charge in [0.2, 0.25) is 5.91 Å². The zero-order chi connectivity index (χ0) is 24.6. The summed E-state index contributed by atoms with van der Waals surface area (Å²) in [5, 5.41) is 17.9. The zero-order valence-corrected chi connectivity index (χ0v) is 20.8. The van der Waals surface area contributed by atoms with Crippen LogP contribution in [0, 0.1) is 0 Å². The minimum absolute atomic E-state index is 0.0439. The van der Waals surface area contributed by atoms with Gasteiger partial charge in [-0.05, 0) is 61.6 Å². The van der Waals surface area contributed by atoms with Crippen LogP contribution in [0.5, 0.6) is 0 Å². The van der Waals surface area contributed by atoms with E-state index in [0.717, 1.165) is 42.8 Å². The van der Waals surface area contributed by atoms with Crippen LogP contribution in [-0.2, 0) is 16.6 Å². The molecule has 5 rings (SSSR count). The van der Waals surface area contributed by atoms with Crippen molar-refractivity contribution in [2.75, 3.05) is 29.9 Å². The van der Waals surface area contributed by atoms with E-state index in [0.29, 0.717) is 10.7 Å². The highest BCUT2D eigenvalue weighted by atomic mass is 32.1. The van der Waals surface area contributed by atoms with Crippen molar-refractivity contribution in [3.05, 3.63) is 64.5 Å². The molecule has 3 aromatic rings. The molecule has 0 spiro atoms. The fraction of sp³-hybridized carbons (Fsp3) is 0.370. The van der Waals surface area contributed by atoms with Crippen LogP contribution in [0.2, 0.25) is 0 Å². The Kier molecular flexibility index (Phi) is 6.34. The molecule has 1 saturated heterocycles. The Hall–Kier alpha value is -3.23. The van der Waals surface area contributed by atoms with Gasteiger partial charge in [-0.25, -0.2) is 4.98 Å². The average molecular weight is 491 g/mol. The molecule has 2 atom stereocenters. The Morgan fingerprint density at radius 3 is 2.80 bits per heavy atom. The fourth-order valence-electron chi connectivity index (χ4n) is 4.67. The van der Waals surface area contributed by atoms with Gasteiger partial charge >= 0.3 is 0 Å². The van der Waals surface area contributed by atoms with Gasteiger partial charge in [0.05, 0.1) is 12.3 Å². The van der Waals surface area contributed by atoms with Crippen LogP contribution in [0.3, 0.4) is 0 Å². The number of fused-ring (bicyclic) bond motifs is 1. The van der Waals surface area contributed by atoms with E-state index in [1.54, 1.807) is 13.0 Å². The van der Waals surface area contributed by atoms with Crippen LogP contribution in [0.25, 0.3) is 11.3 Å². The van der Waals surface area contributed by atoms with E-state index < -0.39 is 6.04 Å². The van der Waals surface area contributed by atoms with E-state index in [1.807, 2.05) is 36.6 Å². The second-order valence-corrected chi connectivity index (χ2v) is 10.6. The summed E-state index contributed by atoms with van der Waals surface area (Å²) in [6.45, 7) is 5.88. The quantitative estimate of drug-likeness (QED) is 0.466. The average Bonchev–Trinajstić information content (AvgIpc) is 3.43. The first kappa shape index (κ1) is 23.5. The molecule has 0 saturated carbocycles. The Bertz CT molecular complexity index is 1270. The molecule has 1 aliphatic heterocycles. The third-order valence-corrected chi connectivity index (χ3v) is 7.91. The van der Waals surface area contributed by atoms with Gasteiger partial charge in [0, 0.05) is 40.7 Å². The van der Waals surface area contributed by atoms with Crippen LogP contribution in [0.4, 0.5) is 10.8 Å². The maximum absolute atomic E-state index is 12.8. The number of nitrogens with one attached hydrogen (secondary N) is 2. The Labute approximate surface area is 209 Å². The lowest BCUT2D eigenvalue weighted by molar-refractivity contribution is -0.117. The molecule has 1 aromatic heterocycles. The maximum Gasteiger partial charge on any atom is 0.251 e. The number of rotatable bonds is 7. The van der Waals surface area contributed by atoms with Crippen molar-refractivity contribution in [1.82, 2.24) is 10.3 Å². The summed E-state index contributed by atoms with van der Waals surface area (Å²) in [5.74, 6) is -0.639. The van der Waals surface area contributed by atoms with E-state index in [9.17, 15) is 14.7 Å². The van der Waals surface area contributed by atoms with Crippen molar-refractivity contribution in [2.45, 2.75) is 44.6 Å². The highest BCUT2D eigenvalue weighted by molar-refractivity contribution is 7.14. The largest absolute Gasteiger partial charge is 0.395 e. The topological polar surface area (TPSA) is 94.6 Å². The molecule has 35 heavy (non-hydrogen) atoms. The SMILES string of the molecule is C[C@H](NC(=O)c1ccc2c(c1)[C@](C)(CO)CC2)C(=O)Nc1nc(-c2cccc(N3CCC3)c2)cs1. The van der Waals surface area contributed by atoms with Crippen molar-refractivity contribution in [1.29, 1.82) is 0 Å². The molecule has 8 heteroatoms. The van der Waals surface area contributed by atoms with Crippen LogP contribution < -0.4 is 15.5 Å². The molecule has 0 unspecified atom stereocenters. The van der Waals surface area contributed by atoms with E-state index >= 15 is 0 Å². The maximum atomic E-state index is 12.8. The highest BCUT2D eigenvalue weighted by Crippen LogP contribution is 2.38. The van der Waals surface area contributed by atoms with E-state index in [4.69, 9.17) is 0 Å². The molecule has 3 N–H and O–H groups in total. The predicted octanol–water partition coefficient (Wildman–Crippen LogP) is 3.97. The van der Waals surface area contributed by atoms with E-state index in [-0.39, 0.29) is 23.8 Å². The molecule has 2 amide bonds. The number of amides is 2. The Balaban J connectivity index is 1.22. The zero-order valence-electron chi connectivity index (χ0n) is 20.0. The molecular formula is C27H30N4O3S. The highest BCUT2D eigenvalue weighted by Gasteiger charge is 2.34. The predicted molar refractivity (Wildman–Crippen MR) is 139 cm³/mol. The Morgan fingerprint density at radius 2 is 2.06 bits per heavy atom.